The molecule has 2 aromatic rings. The summed E-state index contributed by atoms with van der Waals surface area (Å²) in [4.78, 5) is 0. The van der Waals surface area contributed by atoms with Crippen LogP contribution in [0.1, 0.15) is 11.1 Å². The Bertz CT molecular complexity index is 569. The van der Waals surface area contributed by atoms with Crippen molar-refractivity contribution in [2.45, 2.75) is 19.1 Å². The summed E-state index contributed by atoms with van der Waals surface area (Å²) < 4.78 is 40.5. The van der Waals surface area contributed by atoms with Gasteiger partial charge in [0.05, 0.1) is 11.3 Å². The van der Waals surface area contributed by atoms with Gasteiger partial charge in [0.2, 0.25) is 0 Å². The predicted molar refractivity (Wildman–Crippen MR) is 56.4 cm³/mol. The van der Waals surface area contributed by atoms with Crippen molar-refractivity contribution in [1.29, 1.82) is 0 Å². The molecule has 0 radical (unpaired) electrons. The Morgan fingerprint density at radius 1 is 1.18 bits per heavy atom. The Morgan fingerprint density at radius 2 is 2.00 bits per heavy atom. The van der Waals surface area contributed by atoms with Crippen LogP contribution in [0.15, 0.2) is 30.5 Å². The number of hydrogen-bond donors (Lipinski definition) is 0. The van der Waals surface area contributed by atoms with Gasteiger partial charge in [0.15, 0.2) is 0 Å². The number of rotatable bonds is 0. The van der Waals surface area contributed by atoms with E-state index in [1.807, 2.05) is 0 Å². The Hall–Kier alpha value is -1.78. The van der Waals surface area contributed by atoms with Crippen LogP contribution in [-0.2, 0) is 19.1 Å². The number of halogens is 3. The van der Waals surface area contributed by atoms with Gasteiger partial charge in [-0.25, -0.2) is 0 Å². The largest absolute Gasteiger partial charge is 0.417 e. The van der Waals surface area contributed by atoms with E-state index in [9.17, 15) is 13.2 Å². The van der Waals surface area contributed by atoms with Crippen LogP contribution in [0.3, 0.4) is 0 Å². The van der Waals surface area contributed by atoms with Crippen LogP contribution >= 0.6 is 0 Å². The third kappa shape index (κ3) is 1.53. The lowest BCUT2D eigenvalue weighted by Gasteiger charge is -2.22. The van der Waals surface area contributed by atoms with E-state index < -0.39 is 11.7 Å². The predicted octanol–water partition coefficient (Wildman–Crippen LogP) is 3.13. The Kier molecular flexibility index (Phi) is 2.05. The molecule has 0 amide bonds. The van der Waals surface area contributed by atoms with E-state index in [1.54, 1.807) is 16.8 Å². The molecule has 0 unspecified atom stereocenters. The summed E-state index contributed by atoms with van der Waals surface area (Å²) >= 11 is 0. The monoisotopic (exact) mass is 238 g/mol. The second kappa shape index (κ2) is 3.35. The minimum atomic E-state index is -4.32. The molecule has 1 aliphatic heterocycles. The van der Waals surface area contributed by atoms with Crippen molar-refractivity contribution >= 4 is 0 Å². The lowest BCUT2D eigenvalue weighted by Crippen LogP contribution is -2.16. The van der Waals surface area contributed by atoms with E-state index >= 15 is 0 Å². The van der Waals surface area contributed by atoms with E-state index in [-0.39, 0.29) is 5.56 Å². The van der Waals surface area contributed by atoms with Gasteiger partial charge in [0.1, 0.15) is 0 Å². The molecule has 0 bridgehead atoms. The molecule has 88 valence electrons. The van der Waals surface area contributed by atoms with Crippen LogP contribution in [0.2, 0.25) is 0 Å². The van der Waals surface area contributed by atoms with Crippen molar-refractivity contribution in [2.75, 3.05) is 0 Å². The SMILES string of the molecule is FC(F)(F)c1cccc2c1-c1ccnn1CC2. The zero-order chi connectivity index (χ0) is 12.0. The topological polar surface area (TPSA) is 17.8 Å². The van der Waals surface area contributed by atoms with Crippen molar-refractivity contribution in [3.05, 3.63) is 41.6 Å². The number of aryl methyl sites for hydroxylation is 2. The summed E-state index contributed by atoms with van der Waals surface area (Å²) in [5.74, 6) is 0. The standard InChI is InChI=1S/C12H9F3N2/c13-12(14,15)9-3-1-2-8-5-7-17-10(11(8)9)4-6-16-17/h1-4,6H,5,7H2. The molecule has 0 atom stereocenters. The van der Waals surface area contributed by atoms with Gasteiger partial charge in [-0.2, -0.15) is 18.3 Å². The second-order valence-corrected chi connectivity index (χ2v) is 4.03. The van der Waals surface area contributed by atoms with Crippen LogP contribution < -0.4 is 0 Å². The maximum Gasteiger partial charge on any atom is 0.417 e. The lowest BCUT2D eigenvalue weighted by atomic mass is 9.93. The zero-order valence-electron chi connectivity index (χ0n) is 8.83. The van der Waals surface area contributed by atoms with E-state index in [0.717, 1.165) is 11.6 Å². The maximum atomic E-state index is 12.9. The molecular formula is C12H9F3N2. The first kappa shape index (κ1) is 10.4. The zero-order valence-corrected chi connectivity index (χ0v) is 8.83. The highest BCUT2D eigenvalue weighted by atomic mass is 19.4. The highest BCUT2D eigenvalue weighted by molar-refractivity contribution is 5.70. The first-order valence-corrected chi connectivity index (χ1v) is 5.28. The normalized spacial score (nSPS) is 14.3. The summed E-state index contributed by atoms with van der Waals surface area (Å²) in [6, 6.07) is 5.98. The molecule has 0 N–H and O–H groups in total. The van der Waals surface area contributed by atoms with Crippen LogP contribution in [0.4, 0.5) is 13.2 Å². The Morgan fingerprint density at radius 3 is 2.76 bits per heavy atom. The second-order valence-electron chi connectivity index (χ2n) is 4.03. The molecule has 1 aliphatic rings. The average Bonchev–Trinajstić information content (AvgIpc) is 2.75. The molecule has 0 saturated carbocycles. The molecular weight excluding hydrogens is 229 g/mol. The Labute approximate surface area is 95.7 Å². The molecule has 0 spiro atoms. The highest BCUT2D eigenvalue weighted by Crippen LogP contribution is 2.40. The van der Waals surface area contributed by atoms with Gasteiger partial charge in [-0.1, -0.05) is 12.1 Å². The van der Waals surface area contributed by atoms with Crippen LogP contribution in [-0.4, -0.2) is 9.78 Å². The summed E-state index contributed by atoms with van der Waals surface area (Å²) in [7, 11) is 0. The van der Waals surface area contributed by atoms with Gasteiger partial charge in [-0.15, -0.1) is 0 Å². The van der Waals surface area contributed by atoms with E-state index in [0.29, 0.717) is 18.7 Å². The molecule has 2 heterocycles. The van der Waals surface area contributed by atoms with Gasteiger partial charge in [0, 0.05) is 18.3 Å². The van der Waals surface area contributed by atoms with Gasteiger partial charge >= 0.3 is 6.18 Å². The molecule has 0 aliphatic carbocycles. The van der Waals surface area contributed by atoms with E-state index in [2.05, 4.69) is 5.10 Å². The molecule has 0 saturated heterocycles. The molecule has 5 heteroatoms. The third-order valence-corrected chi connectivity index (χ3v) is 3.02. The number of alkyl halides is 3. The molecule has 3 rings (SSSR count). The fraction of sp³-hybridized carbons (Fsp3) is 0.250. The lowest BCUT2D eigenvalue weighted by molar-refractivity contribution is -0.137. The minimum Gasteiger partial charge on any atom is -0.265 e. The first-order chi connectivity index (χ1) is 8.07. The van der Waals surface area contributed by atoms with E-state index in [1.165, 1.54) is 12.3 Å². The van der Waals surface area contributed by atoms with Crippen molar-refractivity contribution in [1.82, 2.24) is 9.78 Å². The molecule has 1 aromatic carbocycles. The quantitative estimate of drug-likeness (QED) is 0.689. The number of benzene rings is 1. The van der Waals surface area contributed by atoms with Crippen molar-refractivity contribution in [3.8, 4) is 11.3 Å². The summed E-state index contributed by atoms with van der Waals surface area (Å²) in [6.07, 6.45) is -2.19. The highest BCUT2D eigenvalue weighted by Gasteiger charge is 2.36. The molecule has 0 fully saturated rings. The van der Waals surface area contributed by atoms with Crippen LogP contribution in [0.25, 0.3) is 11.3 Å². The van der Waals surface area contributed by atoms with Gasteiger partial charge in [-0.05, 0) is 24.1 Å². The van der Waals surface area contributed by atoms with Crippen molar-refractivity contribution in [2.24, 2.45) is 0 Å². The fourth-order valence-electron chi connectivity index (χ4n) is 2.30. The Balaban J connectivity index is 2.30. The van der Waals surface area contributed by atoms with Gasteiger partial charge in [-0.3, -0.25) is 4.68 Å². The number of hydrogen-bond acceptors (Lipinski definition) is 1. The molecule has 2 nitrogen and oxygen atoms in total. The fourth-order valence-corrected chi connectivity index (χ4v) is 2.30. The van der Waals surface area contributed by atoms with Crippen LogP contribution in [0.5, 0.6) is 0 Å². The smallest absolute Gasteiger partial charge is 0.265 e. The number of fused-ring (bicyclic) bond motifs is 3. The van der Waals surface area contributed by atoms with Crippen molar-refractivity contribution < 1.29 is 13.2 Å². The summed E-state index contributed by atoms with van der Waals surface area (Å²) in [5, 5.41) is 4.03. The third-order valence-electron chi connectivity index (χ3n) is 3.02. The number of aromatic nitrogens is 2. The summed E-state index contributed by atoms with van der Waals surface area (Å²) in [5.41, 5.74) is 1.01. The van der Waals surface area contributed by atoms with Gasteiger partial charge in [0.25, 0.3) is 0 Å². The average molecular weight is 238 g/mol. The molecule has 17 heavy (non-hydrogen) atoms. The summed E-state index contributed by atoms with van der Waals surface area (Å²) in [6.45, 7) is 0.636. The minimum absolute atomic E-state index is 0.281. The van der Waals surface area contributed by atoms with Gasteiger partial charge < -0.3 is 0 Å². The first-order valence-electron chi connectivity index (χ1n) is 5.28. The molecule has 1 aromatic heterocycles. The van der Waals surface area contributed by atoms with E-state index in [4.69, 9.17) is 0 Å². The van der Waals surface area contributed by atoms with Crippen molar-refractivity contribution in [3.63, 3.8) is 0 Å². The maximum absolute atomic E-state index is 12.9. The number of nitrogens with zero attached hydrogens (tertiary/aromatic N) is 2. The van der Waals surface area contributed by atoms with Crippen LogP contribution in [0, 0.1) is 0 Å².